The van der Waals surface area contributed by atoms with Crippen molar-refractivity contribution in [1.82, 2.24) is 4.98 Å². The van der Waals surface area contributed by atoms with Gasteiger partial charge in [0.25, 0.3) is 5.91 Å². The molecule has 0 saturated heterocycles. The lowest BCUT2D eigenvalue weighted by atomic mass is 10.2. The van der Waals surface area contributed by atoms with Crippen molar-refractivity contribution >= 4 is 34.1 Å². The molecule has 0 atom stereocenters. The van der Waals surface area contributed by atoms with Crippen LogP contribution in [0.25, 0.3) is 10.9 Å². The van der Waals surface area contributed by atoms with Gasteiger partial charge in [0.2, 0.25) is 0 Å². The first kappa shape index (κ1) is 13.6. The Balaban J connectivity index is 1.89. The van der Waals surface area contributed by atoms with Gasteiger partial charge in [-0.05, 0) is 42.8 Å². The van der Waals surface area contributed by atoms with Gasteiger partial charge in [-0.2, -0.15) is 0 Å². The van der Waals surface area contributed by atoms with Crippen LogP contribution in [0, 0.1) is 6.92 Å². The minimum Gasteiger partial charge on any atom is -0.320 e. The van der Waals surface area contributed by atoms with E-state index in [1.165, 1.54) is 0 Å². The van der Waals surface area contributed by atoms with E-state index in [9.17, 15) is 4.79 Å². The monoisotopic (exact) mass is 296 g/mol. The summed E-state index contributed by atoms with van der Waals surface area (Å²) < 4.78 is 0. The Morgan fingerprint density at radius 2 is 1.90 bits per heavy atom. The van der Waals surface area contributed by atoms with Crippen LogP contribution in [0.1, 0.15) is 16.1 Å². The number of hydrogen-bond donors (Lipinski definition) is 1. The number of anilines is 1. The maximum atomic E-state index is 12.3. The molecule has 0 aliphatic carbocycles. The summed E-state index contributed by atoms with van der Waals surface area (Å²) in [5.74, 6) is -0.230. The predicted octanol–water partition coefficient (Wildman–Crippen LogP) is 4.45. The molecule has 104 valence electrons. The third-order valence-corrected chi connectivity index (χ3v) is 3.50. The highest BCUT2D eigenvalue weighted by molar-refractivity contribution is 6.30. The molecule has 0 aliphatic heterocycles. The normalized spacial score (nSPS) is 10.6. The second-order valence-corrected chi connectivity index (χ2v) is 5.24. The SMILES string of the molecule is Cc1cc(Cl)ccc1NC(=O)c1ccc2ccccc2n1. The van der Waals surface area contributed by atoms with Gasteiger partial charge in [0.05, 0.1) is 5.52 Å². The number of aryl methyl sites for hydroxylation is 1. The number of halogens is 1. The van der Waals surface area contributed by atoms with Crippen LogP contribution in [0.4, 0.5) is 5.69 Å². The van der Waals surface area contributed by atoms with Crippen molar-refractivity contribution in [1.29, 1.82) is 0 Å². The van der Waals surface area contributed by atoms with Gasteiger partial charge in [-0.3, -0.25) is 4.79 Å². The average Bonchev–Trinajstić information content (AvgIpc) is 2.49. The van der Waals surface area contributed by atoms with Crippen LogP contribution in [0.3, 0.4) is 0 Å². The van der Waals surface area contributed by atoms with E-state index >= 15 is 0 Å². The summed E-state index contributed by atoms with van der Waals surface area (Å²) >= 11 is 5.91. The Morgan fingerprint density at radius 1 is 1.10 bits per heavy atom. The van der Waals surface area contributed by atoms with Gasteiger partial charge in [-0.15, -0.1) is 0 Å². The third kappa shape index (κ3) is 2.88. The van der Waals surface area contributed by atoms with Crippen LogP contribution in [0.15, 0.2) is 54.6 Å². The molecule has 2 aromatic carbocycles. The number of carbonyl (C=O) groups is 1. The predicted molar refractivity (Wildman–Crippen MR) is 85.9 cm³/mol. The molecule has 3 nitrogen and oxygen atoms in total. The fourth-order valence-corrected chi connectivity index (χ4v) is 2.37. The summed E-state index contributed by atoms with van der Waals surface area (Å²) in [6.07, 6.45) is 0. The molecule has 1 aromatic heterocycles. The second kappa shape index (κ2) is 5.54. The summed E-state index contributed by atoms with van der Waals surface area (Å²) in [6.45, 7) is 1.90. The Labute approximate surface area is 127 Å². The molecule has 1 N–H and O–H groups in total. The minimum absolute atomic E-state index is 0.230. The molecule has 0 radical (unpaired) electrons. The summed E-state index contributed by atoms with van der Waals surface area (Å²) in [7, 11) is 0. The van der Waals surface area contributed by atoms with Crippen molar-refractivity contribution in [2.45, 2.75) is 6.92 Å². The van der Waals surface area contributed by atoms with Gasteiger partial charge in [-0.1, -0.05) is 35.9 Å². The zero-order chi connectivity index (χ0) is 14.8. The van der Waals surface area contributed by atoms with Crippen LogP contribution in [0.5, 0.6) is 0 Å². The van der Waals surface area contributed by atoms with Crippen LogP contribution >= 0.6 is 11.6 Å². The first-order valence-electron chi connectivity index (χ1n) is 6.57. The quantitative estimate of drug-likeness (QED) is 0.759. The van der Waals surface area contributed by atoms with E-state index < -0.39 is 0 Å². The van der Waals surface area contributed by atoms with Crippen molar-refractivity contribution in [2.75, 3.05) is 5.32 Å². The summed E-state index contributed by atoms with van der Waals surface area (Å²) in [5, 5.41) is 4.52. The Hall–Kier alpha value is -2.39. The molecule has 1 amide bonds. The van der Waals surface area contributed by atoms with Crippen molar-refractivity contribution in [3.05, 3.63) is 70.9 Å². The molecular weight excluding hydrogens is 284 g/mol. The molecule has 1 heterocycles. The Kier molecular flexibility index (Phi) is 3.59. The highest BCUT2D eigenvalue weighted by atomic mass is 35.5. The number of nitrogens with one attached hydrogen (secondary N) is 1. The second-order valence-electron chi connectivity index (χ2n) is 4.80. The Morgan fingerprint density at radius 3 is 2.71 bits per heavy atom. The van der Waals surface area contributed by atoms with E-state index in [4.69, 9.17) is 11.6 Å². The molecule has 0 bridgehead atoms. The standard InChI is InChI=1S/C17H13ClN2O/c1-11-10-13(18)7-9-14(11)20-17(21)16-8-6-12-4-2-3-5-15(12)19-16/h2-10H,1H3,(H,20,21). The lowest BCUT2D eigenvalue weighted by Crippen LogP contribution is -2.14. The van der Waals surface area contributed by atoms with Gasteiger partial charge < -0.3 is 5.32 Å². The first-order chi connectivity index (χ1) is 10.1. The van der Waals surface area contributed by atoms with E-state index in [2.05, 4.69) is 10.3 Å². The number of pyridine rings is 1. The fourth-order valence-electron chi connectivity index (χ4n) is 2.15. The summed E-state index contributed by atoms with van der Waals surface area (Å²) in [6, 6.07) is 16.7. The maximum Gasteiger partial charge on any atom is 0.274 e. The van der Waals surface area contributed by atoms with Crippen LogP contribution in [-0.4, -0.2) is 10.9 Å². The molecule has 0 fully saturated rings. The number of para-hydroxylation sites is 1. The van der Waals surface area contributed by atoms with Gasteiger partial charge in [0.1, 0.15) is 5.69 Å². The largest absolute Gasteiger partial charge is 0.320 e. The third-order valence-electron chi connectivity index (χ3n) is 3.27. The van der Waals surface area contributed by atoms with E-state index in [0.717, 1.165) is 22.2 Å². The van der Waals surface area contributed by atoms with Gasteiger partial charge in [-0.25, -0.2) is 4.98 Å². The molecule has 4 heteroatoms. The van der Waals surface area contributed by atoms with E-state index in [-0.39, 0.29) is 5.91 Å². The van der Waals surface area contributed by atoms with E-state index in [1.807, 2.05) is 43.3 Å². The number of aromatic nitrogens is 1. The van der Waals surface area contributed by atoms with Crippen LogP contribution in [-0.2, 0) is 0 Å². The minimum atomic E-state index is -0.230. The topological polar surface area (TPSA) is 42.0 Å². The number of amides is 1. The van der Waals surface area contributed by atoms with Crippen molar-refractivity contribution in [3.8, 4) is 0 Å². The summed E-state index contributed by atoms with van der Waals surface area (Å²) in [5.41, 5.74) is 2.84. The summed E-state index contributed by atoms with van der Waals surface area (Å²) in [4.78, 5) is 16.7. The Bertz CT molecular complexity index is 830. The number of hydrogen-bond acceptors (Lipinski definition) is 2. The molecule has 0 aliphatic rings. The number of benzene rings is 2. The fraction of sp³-hybridized carbons (Fsp3) is 0.0588. The van der Waals surface area contributed by atoms with Crippen molar-refractivity contribution in [2.24, 2.45) is 0 Å². The smallest absolute Gasteiger partial charge is 0.274 e. The maximum absolute atomic E-state index is 12.3. The van der Waals surface area contributed by atoms with Crippen LogP contribution in [0.2, 0.25) is 5.02 Å². The van der Waals surface area contributed by atoms with Gasteiger partial charge >= 0.3 is 0 Å². The number of rotatable bonds is 2. The molecule has 21 heavy (non-hydrogen) atoms. The zero-order valence-corrected chi connectivity index (χ0v) is 12.2. The zero-order valence-electron chi connectivity index (χ0n) is 11.4. The molecule has 3 rings (SSSR count). The number of fused-ring (bicyclic) bond motifs is 1. The molecular formula is C17H13ClN2O. The van der Waals surface area contributed by atoms with Crippen LogP contribution < -0.4 is 5.32 Å². The molecule has 0 spiro atoms. The highest BCUT2D eigenvalue weighted by Crippen LogP contribution is 2.20. The van der Waals surface area contributed by atoms with Crippen molar-refractivity contribution in [3.63, 3.8) is 0 Å². The van der Waals surface area contributed by atoms with Crippen molar-refractivity contribution < 1.29 is 4.79 Å². The molecule has 3 aromatic rings. The molecule has 0 saturated carbocycles. The lowest BCUT2D eigenvalue weighted by Gasteiger charge is -2.08. The lowest BCUT2D eigenvalue weighted by molar-refractivity contribution is 0.102. The molecule has 0 unspecified atom stereocenters. The first-order valence-corrected chi connectivity index (χ1v) is 6.94. The van der Waals surface area contributed by atoms with E-state index in [1.54, 1.807) is 18.2 Å². The van der Waals surface area contributed by atoms with Gasteiger partial charge in [0.15, 0.2) is 0 Å². The highest BCUT2D eigenvalue weighted by Gasteiger charge is 2.10. The average molecular weight is 297 g/mol. The number of nitrogens with zero attached hydrogens (tertiary/aromatic N) is 1. The number of carbonyl (C=O) groups excluding carboxylic acids is 1. The van der Waals surface area contributed by atoms with Gasteiger partial charge in [0, 0.05) is 16.1 Å². The van der Waals surface area contributed by atoms with E-state index in [0.29, 0.717) is 10.7 Å².